The van der Waals surface area contributed by atoms with Gasteiger partial charge in [-0.3, -0.25) is 4.79 Å². The largest absolute Gasteiger partial charge is 0.497 e. The van der Waals surface area contributed by atoms with Gasteiger partial charge in [-0.1, -0.05) is 6.07 Å². The molecule has 0 radical (unpaired) electrons. The third-order valence-electron chi connectivity index (χ3n) is 2.64. The van der Waals surface area contributed by atoms with E-state index in [0.29, 0.717) is 6.54 Å². The number of fused-ring (bicyclic) bond motifs is 1. The molecule has 0 saturated carbocycles. The van der Waals surface area contributed by atoms with Gasteiger partial charge in [-0.2, -0.15) is 0 Å². The third kappa shape index (κ3) is 2.68. The van der Waals surface area contributed by atoms with Gasteiger partial charge in [0.05, 0.1) is 7.11 Å². The Morgan fingerprint density at radius 1 is 1.44 bits per heavy atom. The van der Waals surface area contributed by atoms with Crippen LogP contribution in [0.15, 0.2) is 30.5 Å². The van der Waals surface area contributed by atoms with Crippen LogP contribution < -0.4 is 15.8 Å². The van der Waals surface area contributed by atoms with Crippen molar-refractivity contribution in [2.45, 2.75) is 6.42 Å². The first-order valence-electron chi connectivity index (χ1n) is 5.65. The maximum Gasteiger partial charge on any atom is 0.219 e. The van der Waals surface area contributed by atoms with Gasteiger partial charge in [-0.05, 0) is 23.6 Å². The molecule has 1 aromatic heterocycles. The molecule has 0 fully saturated rings. The van der Waals surface area contributed by atoms with E-state index in [-0.39, 0.29) is 12.3 Å². The number of nitrogens with zero attached hydrogens (tertiary/aromatic N) is 1. The van der Waals surface area contributed by atoms with E-state index in [4.69, 9.17) is 10.5 Å². The Morgan fingerprint density at radius 3 is 3.00 bits per heavy atom. The van der Waals surface area contributed by atoms with Crippen molar-refractivity contribution < 1.29 is 9.53 Å². The van der Waals surface area contributed by atoms with Gasteiger partial charge in [-0.15, -0.1) is 0 Å². The molecule has 0 unspecified atom stereocenters. The average molecular weight is 245 g/mol. The number of rotatable bonds is 5. The lowest BCUT2D eigenvalue weighted by molar-refractivity contribution is -0.117. The second kappa shape index (κ2) is 5.35. The van der Waals surface area contributed by atoms with E-state index in [1.54, 1.807) is 13.3 Å². The molecule has 0 spiro atoms. The fourth-order valence-electron chi connectivity index (χ4n) is 1.72. The van der Waals surface area contributed by atoms with Crippen LogP contribution in [-0.4, -0.2) is 24.5 Å². The highest BCUT2D eigenvalue weighted by molar-refractivity contribution is 5.92. The Hall–Kier alpha value is -2.30. The van der Waals surface area contributed by atoms with Gasteiger partial charge in [0.15, 0.2) is 0 Å². The van der Waals surface area contributed by atoms with E-state index in [1.807, 2.05) is 24.3 Å². The van der Waals surface area contributed by atoms with Gasteiger partial charge < -0.3 is 15.8 Å². The fourth-order valence-corrected chi connectivity index (χ4v) is 1.72. The summed E-state index contributed by atoms with van der Waals surface area (Å²) in [5, 5.41) is 5.12. The zero-order valence-corrected chi connectivity index (χ0v) is 10.1. The Morgan fingerprint density at radius 2 is 2.28 bits per heavy atom. The Balaban J connectivity index is 2.28. The maximum absolute atomic E-state index is 10.7. The van der Waals surface area contributed by atoms with Crippen LogP contribution in [0.1, 0.15) is 6.42 Å². The van der Waals surface area contributed by atoms with E-state index < -0.39 is 0 Å². The quantitative estimate of drug-likeness (QED) is 0.837. The predicted octanol–water partition coefficient (Wildman–Crippen LogP) is 1.53. The molecule has 0 bridgehead atoms. The molecule has 0 aliphatic rings. The summed E-state index contributed by atoms with van der Waals surface area (Å²) in [6, 6.07) is 7.70. The van der Waals surface area contributed by atoms with Crippen molar-refractivity contribution in [1.82, 2.24) is 4.98 Å². The van der Waals surface area contributed by atoms with Crippen LogP contribution in [0.4, 0.5) is 5.82 Å². The van der Waals surface area contributed by atoms with Gasteiger partial charge in [0.2, 0.25) is 5.91 Å². The molecule has 1 aromatic carbocycles. The molecule has 18 heavy (non-hydrogen) atoms. The number of aromatic nitrogens is 1. The molecular formula is C13H15N3O2. The summed E-state index contributed by atoms with van der Waals surface area (Å²) >= 11 is 0. The van der Waals surface area contributed by atoms with E-state index >= 15 is 0 Å². The number of ether oxygens (including phenoxy) is 1. The van der Waals surface area contributed by atoms with Crippen molar-refractivity contribution in [2.75, 3.05) is 19.0 Å². The first-order chi connectivity index (χ1) is 8.70. The number of anilines is 1. The van der Waals surface area contributed by atoms with E-state index in [2.05, 4.69) is 10.3 Å². The van der Waals surface area contributed by atoms with Crippen molar-refractivity contribution in [3.8, 4) is 5.75 Å². The number of hydrogen-bond acceptors (Lipinski definition) is 4. The Labute approximate surface area is 105 Å². The van der Waals surface area contributed by atoms with Crippen LogP contribution in [0, 0.1) is 0 Å². The summed E-state index contributed by atoms with van der Waals surface area (Å²) in [6.45, 7) is 0.471. The van der Waals surface area contributed by atoms with Crippen LogP contribution >= 0.6 is 0 Å². The first-order valence-corrected chi connectivity index (χ1v) is 5.65. The molecule has 5 nitrogen and oxygen atoms in total. The minimum absolute atomic E-state index is 0.280. The van der Waals surface area contributed by atoms with Crippen LogP contribution in [0.2, 0.25) is 0 Å². The topological polar surface area (TPSA) is 77.2 Å². The lowest BCUT2D eigenvalue weighted by Gasteiger charge is -2.09. The average Bonchev–Trinajstić information content (AvgIpc) is 2.38. The van der Waals surface area contributed by atoms with Gasteiger partial charge in [0.25, 0.3) is 0 Å². The molecule has 1 amide bonds. The SMILES string of the molecule is COc1ccc2ccnc(NCCC(N)=O)c2c1. The van der Waals surface area contributed by atoms with Gasteiger partial charge in [0.1, 0.15) is 11.6 Å². The Bertz CT molecular complexity index is 569. The zero-order valence-electron chi connectivity index (χ0n) is 10.1. The molecule has 1 heterocycles. The van der Waals surface area contributed by atoms with Gasteiger partial charge >= 0.3 is 0 Å². The number of methoxy groups -OCH3 is 1. The minimum Gasteiger partial charge on any atom is -0.497 e. The van der Waals surface area contributed by atoms with E-state index in [9.17, 15) is 4.79 Å². The smallest absolute Gasteiger partial charge is 0.219 e. The standard InChI is InChI=1S/C13H15N3O2/c1-18-10-3-2-9-4-6-15-13(11(9)8-10)16-7-5-12(14)17/h2-4,6,8H,5,7H2,1H3,(H2,14,17)(H,15,16). The first kappa shape index (κ1) is 12.2. The minimum atomic E-state index is -0.333. The molecule has 2 rings (SSSR count). The molecule has 0 aliphatic carbocycles. The summed E-state index contributed by atoms with van der Waals surface area (Å²) in [5.41, 5.74) is 5.10. The highest BCUT2D eigenvalue weighted by atomic mass is 16.5. The number of primary amides is 1. The number of nitrogens with one attached hydrogen (secondary N) is 1. The predicted molar refractivity (Wildman–Crippen MR) is 70.6 cm³/mol. The second-order valence-electron chi connectivity index (χ2n) is 3.89. The van der Waals surface area contributed by atoms with Crippen LogP contribution in [-0.2, 0) is 4.79 Å². The van der Waals surface area contributed by atoms with Crippen LogP contribution in [0.25, 0.3) is 10.8 Å². The monoisotopic (exact) mass is 245 g/mol. The summed E-state index contributed by atoms with van der Waals surface area (Å²) in [6.07, 6.45) is 2.00. The van der Waals surface area contributed by atoms with Crippen LogP contribution in [0.3, 0.4) is 0 Å². The normalized spacial score (nSPS) is 10.3. The molecule has 3 N–H and O–H groups in total. The summed E-state index contributed by atoms with van der Waals surface area (Å²) in [5.74, 6) is 1.17. The molecule has 0 atom stereocenters. The molecule has 2 aromatic rings. The number of amides is 1. The van der Waals surface area contributed by atoms with E-state index in [1.165, 1.54) is 0 Å². The number of pyridine rings is 1. The van der Waals surface area contributed by atoms with Crippen molar-refractivity contribution in [1.29, 1.82) is 0 Å². The molecule has 0 saturated heterocycles. The van der Waals surface area contributed by atoms with Crippen molar-refractivity contribution >= 4 is 22.5 Å². The Kier molecular flexibility index (Phi) is 3.62. The molecule has 0 aliphatic heterocycles. The number of carbonyl (C=O) groups is 1. The summed E-state index contributed by atoms with van der Waals surface area (Å²) in [4.78, 5) is 15.0. The number of carbonyl (C=O) groups excluding carboxylic acids is 1. The number of nitrogens with two attached hydrogens (primary N) is 1. The van der Waals surface area contributed by atoms with Gasteiger partial charge in [0, 0.05) is 24.5 Å². The van der Waals surface area contributed by atoms with Gasteiger partial charge in [-0.25, -0.2) is 4.98 Å². The molecular weight excluding hydrogens is 230 g/mol. The lowest BCUT2D eigenvalue weighted by Crippen LogP contribution is -2.16. The zero-order chi connectivity index (χ0) is 13.0. The number of benzene rings is 1. The fraction of sp³-hybridized carbons (Fsp3) is 0.231. The van der Waals surface area contributed by atoms with Crippen molar-refractivity contribution in [2.24, 2.45) is 5.73 Å². The third-order valence-corrected chi connectivity index (χ3v) is 2.64. The molecule has 94 valence electrons. The van der Waals surface area contributed by atoms with Crippen molar-refractivity contribution in [3.05, 3.63) is 30.5 Å². The maximum atomic E-state index is 10.7. The van der Waals surface area contributed by atoms with Crippen LogP contribution in [0.5, 0.6) is 5.75 Å². The summed E-state index contributed by atoms with van der Waals surface area (Å²) < 4.78 is 5.19. The highest BCUT2D eigenvalue weighted by Gasteiger charge is 2.04. The van der Waals surface area contributed by atoms with Crippen molar-refractivity contribution in [3.63, 3.8) is 0 Å². The number of hydrogen-bond donors (Lipinski definition) is 2. The van der Waals surface area contributed by atoms with E-state index in [0.717, 1.165) is 22.3 Å². The lowest BCUT2D eigenvalue weighted by atomic mass is 10.1. The second-order valence-corrected chi connectivity index (χ2v) is 3.89. The summed E-state index contributed by atoms with van der Waals surface area (Å²) in [7, 11) is 1.62. The molecule has 5 heteroatoms. The highest BCUT2D eigenvalue weighted by Crippen LogP contribution is 2.25.